The van der Waals surface area contributed by atoms with Crippen LogP contribution >= 0.6 is 0 Å². The summed E-state index contributed by atoms with van der Waals surface area (Å²) >= 11 is 0. The van der Waals surface area contributed by atoms with Crippen LogP contribution in [0.4, 0.5) is 0 Å². The fraction of sp³-hybridized carbons (Fsp3) is 0.533. The molecule has 4 heteroatoms. The van der Waals surface area contributed by atoms with Crippen LogP contribution in [0.15, 0.2) is 24.3 Å². The van der Waals surface area contributed by atoms with Crippen LogP contribution in [0.2, 0.25) is 0 Å². The van der Waals surface area contributed by atoms with E-state index >= 15 is 0 Å². The minimum Gasteiger partial charge on any atom is -0.488 e. The van der Waals surface area contributed by atoms with E-state index in [1.165, 1.54) is 5.56 Å². The lowest BCUT2D eigenvalue weighted by molar-refractivity contribution is -0.139. The Morgan fingerprint density at radius 3 is 2.58 bits per heavy atom. The second-order valence-corrected chi connectivity index (χ2v) is 5.74. The maximum atomic E-state index is 10.8. The molecule has 1 unspecified atom stereocenters. The zero-order valence-corrected chi connectivity index (χ0v) is 12.0. The van der Waals surface area contributed by atoms with E-state index in [9.17, 15) is 4.79 Å². The second-order valence-electron chi connectivity index (χ2n) is 5.74. The Morgan fingerprint density at radius 1 is 1.42 bits per heavy atom. The fourth-order valence-corrected chi connectivity index (χ4v) is 1.91. The zero-order chi connectivity index (χ0) is 14.6. The smallest absolute Gasteiger partial charge is 0.320 e. The number of carboxylic acids is 1. The van der Waals surface area contributed by atoms with Crippen LogP contribution in [0, 0.1) is 0 Å². The highest BCUT2D eigenvalue weighted by atomic mass is 16.5. The summed E-state index contributed by atoms with van der Waals surface area (Å²) in [4.78, 5) is 10.8. The molecule has 0 spiro atoms. The third-order valence-corrected chi connectivity index (χ3v) is 2.95. The molecule has 1 aromatic carbocycles. The van der Waals surface area contributed by atoms with Gasteiger partial charge in [-0.2, -0.15) is 0 Å². The molecule has 0 amide bonds. The molecule has 1 aromatic rings. The highest BCUT2D eigenvalue weighted by molar-refractivity contribution is 5.73. The number of carbonyl (C=O) groups is 1. The predicted octanol–water partition coefficient (Wildman–Crippen LogP) is 2.77. The van der Waals surface area contributed by atoms with Crippen LogP contribution in [-0.4, -0.2) is 22.7 Å². The Hall–Kier alpha value is -1.55. The molecule has 1 rings (SSSR count). The lowest BCUT2D eigenvalue weighted by Crippen LogP contribution is -2.41. The molecule has 0 aliphatic carbocycles. The molecule has 0 saturated heterocycles. The molecule has 0 aliphatic rings. The largest absolute Gasteiger partial charge is 0.488 e. The number of carboxylic acid groups (broad SMARTS) is 1. The molecule has 0 radical (unpaired) electrons. The van der Waals surface area contributed by atoms with Crippen molar-refractivity contribution in [2.45, 2.75) is 51.7 Å². The standard InChI is InChI=1S/C15H23NO3/c1-10(2)11-6-5-7-12(8-11)19-15(3,4)9-13(16)14(17)18/h5-8,10,13H,9,16H2,1-4H3,(H,17,18). The van der Waals surface area contributed by atoms with Gasteiger partial charge in [0, 0.05) is 6.42 Å². The van der Waals surface area contributed by atoms with Crippen molar-refractivity contribution in [1.29, 1.82) is 0 Å². The van der Waals surface area contributed by atoms with Gasteiger partial charge in [0.05, 0.1) is 0 Å². The summed E-state index contributed by atoms with van der Waals surface area (Å²) < 4.78 is 5.87. The van der Waals surface area contributed by atoms with E-state index in [0.29, 0.717) is 5.92 Å². The first-order valence-corrected chi connectivity index (χ1v) is 6.48. The number of benzene rings is 1. The zero-order valence-electron chi connectivity index (χ0n) is 12.0. The summed E-state index contributed by atoms with van der Waals surface area (Å²) in [7, 11) is 0. The average molecular weight is 265 g/mol. The number of rotatable bonds is 6. The highest BCUT2D eigenvalue weighted by Gasteiger charge is 2.27. The first kappa shape index (κ1) is 15.5. The normalized spacial score (nSPS) is 13.4. The van der Waals surface area contributed by atoms with Crippen molar-refractivity contribution in [2.24, 2.45) is 5.73 Å². The summed E-state index contributed by atoms with van der Waals surface area (Å²) in [6.07, 6.45) is 0.258. The number of hydrogen-bond donors (Lipinski definition) is 2. The van der Waals surface area contributed by atoms with Crippen LogP contribution in [-0.2, 0) is 4.79 Å². The van der Waals surface area contributed by atoms with Gasteiger partial charge >= 0.3 is 5.97 Å². The van der Waals surface area contributed by atoms with Gasteiger partial charge in [-0.15, -0.1) is 0 Å². The number of ether oxygens (including phenoxy) is 1. The monoisotopic (exact) mass is 265 g/mol. The molecule has 3 N–H and O–H groups in total. The van der Waals surface area contributed by atoms with Crippen molar-refractivity contribution in [1.82, 2.24) is 0 Å². The quantitative estimate of drug-likeness (QED) is 0.829. The average Bonchev–Trinajstić information content (AvgIpc) is 2.27. The van der Waals surface area contributed by atoms with E-state index in [1.54, 1.807) is 0 Å². The van der Waals surface area contributed by atoms with Crippen LogP contribution in [0.25, 0.3) is 0 Å². The van der Waals surface area contributed by atoms with Gasteiger partial charge in [0.1, 0.15) is 17.4 Å². The van der Waals surface area contributed by atoms with Crippen molar-refractivity contribution >= 4 is 5.97 Å². The maximum Gasteiger partial charge on any atom is 0.320 e. The van der Waals surface area contributed by atoms with Crippen molar-refractivity contribution < 1.29 is 14.6 Å². The van der Waals surface area contributed by atoms with Crippen LogP contribution in [0.1, 0.15) is 45.6 Å². The van der Waals surface area contributed by atoms with Gasteiger partial charge in [-0.3, -0.25) is 4.79 Å². The summed E-state index contributed by atoms with van der Waals surface area (Å²) in [6, 6.07) is 6.94. The van der Waals surface area contributed by atoms with Gasteiger partial charge in [-0.05, 0) is 37.5 Å². The van der Waals surface area contributed by atoms with Crippen molar-refractivity contribution in [3.05, 3.63) is 29.8 Å². The van der Waals surface area contributed by atoms with E-state index in [1.807, 2.05) is 38.1 Å². The maximum absolute atomic E-state index is 10.8. The van der Waals surface area contributed by atoms with E-state index in [-0.39, 0.29) is 6.42 Å². The highest BCUT2D eigenvalue weighted by Crippen LogP contribution is 2.25. The molecule has 19 heavy (non-hydrogen) atoms. The lowest BCUT2D eigenvalue weighted by atomic mass is 9.99. The lowest BCUT2D eigenvalue weighted by Gasteiger charge is -2.28. The first-order valence-electron chi connectivity index (χ1n) is 6.48. The van der Waals surface area contributed by atoms with Gasteiger partial charge in [0.15, 0.2) is 0 Å². The molecule has 0 aromatic heterocycles. The summed E-state index contributed by atoms with van der Waals surface area (Å²) in [6.45, 7) is 7.92. The Bertz CT molecular complexity index is 441. The minimum absolute atomic E-state index is 0.258. The first-order chi connectivity index (χ1) is 8.71. The molecule has 4 nitrogen and oxygen atoms in total. The third-order valence-electron chi connectivity index (χ3n) is 2.95. The number of aliphatic carboxylic acids is 1. The third kappa shape index (κ3) is 4.91. The molecular formula is C15H23NO3. The minimum atomic E-state index is -1.01. The molecule has 0 heterocycles. The van der Waals surface area contributed by atoms with Crippen molar-refractivity contribution in [3.8, 4) is 5.75 Å². The Morgan fingerprint density at radius 2 is 2.05 bits per heavy atom. The van der Waals surface area contributed by atoms with Crippen molar-refractivity contribution in [3.63, 3.8) is 0 Å². The molecule has 0 aliphatic heterocycles. The Balaban J connectivity index is 2.77. The van der Waals surface area contributed by atoms with Gasteiger partial charge < -0.3 is 15.6 Å². The van der Waals surface area contributed by atoms with E-state index in [4.69, 9.17) is 15.6 Å². The second kappa shape index (κ2) is 6.06. The Kier molecular flexibility index (Phi) is 4.95. The topological polar surface area (TPSA) is 72.5 Å². The summed E-state index contributed by atoms with van der Waals surface area (Å²) in [5.74, 6) is 0.161. The molecule has 0 saturated carbocycles. The molecular weight excluding hydrogens is 242 g/mol. The van der Waals surface area contributed by atoms with E-state index < -0.39 is 17.6 Å². The van der Waals surface area contributed by atoms with Crippen molar-refractivity contribution in [2.75, 3.05) is 0 Å². The molecule has 1 atom stereocenters. The van der Waals surface area contributed by atoms with Gasteiger partial charge in [0.25, 0.3) is 0 Å². The fourth-order valence-electron chi connectivity index (χ4n) is 1.91. The molecule has 106 valence electrons. The summed E-state index contributed by atoms with van der Waals surface area (Å²) in [5.41, 5.74) is 6.13. The van der Waals surface area contributed by atoms with Crippen LogP contribution in [0.3, 0.4) is 0 Å². The number of nitrogens with two attached hydrogens (primary N) is 1. The summed E-state index contributed by atoms with van der Waals surface area (Å²) in [5, 5.41) is 8.85. The van der Waals surface area contributed by atoms with E-state index in [2.05, 4.69) is 13.8 Å². The predicted molar refractivity (Wildman–Crippen MR) is 75.5 cm³/mol. The number of hydrogen-bond acceptors (Lipinski definition) is 3. The van der Waals surface area contributed by atoms with Crippen LogP contribution in [0.5, 0.6) is 5.75 Å². The van der Waals surface area contributed by atoms with Crippen LogP contribution < -0.4 is 10.5 Å². The van der Waals surface area contributed by atoms with Gasteiger partial charge in [0.2, 0.25) is 0 Å². The van der Waals surface area contributed by atoms with Gasteiger partial charge in [-0.25, -0.2) is 0 Å². The SMILES string of the molecule is CC(C)c1cccc(OC(C)(C)CC(N)C(=O)O)c1. The molecule has 0 bridgehead atoms. The Labute approximate surface area is 114 Å². The van der Waals surface area contributed by atoms with E-state index in [0.717, 1.165) is 5.75 Å². The molecule has 0 fully saturated rings. The van der Waals surface area contributed by atoms with Gasteiger partial charge in [-0.1, -0.05) is 26.0 Å².